The van der Waals surface area contributed by atoms with Crippen molar-refractivity contribution in [1.82, 2.24) is 15.5 Å². The zero-order chi connectivity index (χ0) is 10.0. The summed E-state index contributed by atoms with van der Waals surface area (Å²) in [4.78, 5) is 11.4. The van der Waals surface area contributed by atoms with E-state index in [1.54, 1.807) is 0 Å². The predicted octanol–water partition coefficient (Wildman–Crippen LogP) is 0.600. The fraction of sp³-hybridized carbons (Fsp3) is 0.571. The molecule has 1 aromatic heterocycles. The molecule has 5 nitrogen and oxygen atoms in total. The van der Waals surface area contributed by atoms with E-state index >= 15 is 0 Å². The minimum absolute atomic E-state index is 0. The van der Waals surface area contributed by atoms with Crippen LogP contribution in [0, 0.1) is 0 Å². The van der Waals surface area contributed by atoms with Crippen LogP contribution in [0.25, 0.3) is 0 Å². The van der Waals surface area contributed by atoms with Gasteiger partial charge in [-0.1, -0.05) is 11.3 Å². The fourth-order valence-electron chi connectivity index (χ4n) is 1.29. The maximum atomic E-state index is 13.8. The lowest BCUT2D eigenvalue weighted by Gasteiger charge is -2.15. The number of anilines is 1. The summed E-state index contributed by atoms with van der Waals surface area (Å²) in [6.07, 6.45) is 0.206. The van der Waals surface area contributed by atoms with E-state index in [4.69, 9.17) is 0 Å². The van der Waals surface area contributed by atoms with Crippen LogP contribution in [-0.2, 0) is 4.79 Å². The summed E-state index contributed by atoms with van der Waals surface area (Å²) >= 11 is 1.17. The van der Waals surface area contributed by atoms with Gasteiger partial charge in [0.1, 0.15) is 5.51 Å². The number of alkyl halides is 1. The molecule has 1 saturated heterocycles. The van der Waals surface area contributed by atoms with E-state index in [2.05, 4.69) is 20.8 Å². The van der Waals surface area contributed by atoms with E-state index in [9.17, 15) is 9.18 Å². The molecule has 0 saturated carbocycles. The standard InChI is InChI=1S/C7H9FN4OS.ClH/c8-7(1-2-9-3-7)5(13)11-6-12-10-4-14-6;/h4,9H,1-3H2,(H,11,12,13);1H. The molecule has 0 aliphatic carbocycles. The van der Waals surface area contributed by atoms with Crippen LogP contribution in [0.3, 0.4) is 0 Å². The Hall–Kier alpha value is -0.790. The van der Waals surface area contributed by atoms with Gasteiger partial charge in [-0.25, -0.2) is 4.39 Å². The van der Waals surface area contributed by atoms with Crippen molar-refractivity contribution in [3.05, 3.63) is 5.51 Å². The zero-order valence-electron chi connectivity index (χ0n) is 7.70. The van der Waals surface area contributed by atoms with Crippen LogP contribution in [0.2, 0.25) is 0 Å². The van der Waals surface area contributed by atoms with Crippen molar-refractivity contribution in [1.29, 1.82) is 0 Å². The second-order valence-corrected chi connectivity index (χ2v) is 3.92. The second-order valence-electron chi connectivity index (χ2n) is 3.09. The van der Waals surface area contributed by atoms with Gasteiger partial charge in [0.25, 0.3) is 5.91 Å². The maximum absolute atomic E-state index is 13.8. The van der Waals surface area contributed by atoms with Crippen molar-refractivity contribution in [2.45, 2.75) is 12.1 Å². The third-order valence-electron chi connectivity index (χ3n) is 2.09. The van der Waals surface area contributed by atoms with Gasteiger partial charge >= 0.3 is 0 Å². The Morgan fingerprint density at radius 1 is 1.73 bits per heavy atom. The lowest BCUT2D eigenvalue weighted by Crippen LogP contribution is -2.40. The summed E-state index contributed by atoms with van der Waals surface area (Å²) < 4.78 is 13.8. The first kappa shape index (κ1) is 12.3. The van der Waals surface area contributed by atoms with Crippen molar-refractivity contribution < 1.29 is 9.18 Å². The molecule has 1 aliphatic heterocycles. The van der Waals surface area contributed by atoms with Gasteiger partial charge in [0.2, 0.25) is 10.8 Å². The summed E-state index contributed by atoms with van der Waals surface area (Å²) in [6, 6.07) is 0. The summed E-state index contributed by atoms with van der Waals surface area (Å²) in [5, 5.41) is 12.7. The number of hydrogen-bond acceptors (Lipinski definition) is 5. The highest BCUT2D eigenvalue weighted by Gasteiger charge is 2.41. The maximum Gasteiger partial charge on any atom is 0.265 e. The van der Waals surface area contributed by atoms with Crippen LogP contribution in [0.4, 0.5) is 9.52 Å². The molecular weight excluding hydrogens is 243 g/mol. The molecule has 84 valence electrons. The van der Waals surface area contributed by atoms with Crippen LogP contribution >= 0.6 is 23.7 Å². The van der Waals surface area contributed by atoms with Gasteiger partial charge in [0.15, 0.2) is 0 Å². The monoisotopic (exact) mass is 252 g/mol. The third-order valence-corrected chi connectivity index (χ3v) is 2.70. The number of nitrogens with one attached hydrogen (secondary N) is 2. The molecule has 2 heterocycles. The number of aromatic nitrogens is 2. The second kappa shape index (κ2) is 4.82. The van der Waals surface area contributed by atoms with Crippen LogP contribution in [0.5, 0.6) is 0 Å². The number of amides is 1. The molecule has 1 atom stereocenters. The lowest BCUT2D eigenvalue weighted by atomic mass is 10.1. The Kier molecular flexibility index (Phi) is 3.95. The Morgan fingerprint density at radius 3 is 3.07 bits per heavy atom. The number of rotatable bonds is 2. The average Bonchev–Trinajstić information content (AvgIpc) is 2.76. The number of carbonyl (C=O) groups is 1. The smallest absolute Gasteiger partial charge is 0.265 e. The van der Waals surface area contributed by atoms with E-state index in [-0.39, 0.29) is 25.4 Å². The zero-order valence-corrected chi connectivity index (χ0v) is 9.33. The molecule has 0 aromatic carbocycles. The molecule has 0 spiro atoms. The molecule has 15 heavy (non-hydrogen) atoms. The predicted molar refractivity (Wildman–Crippen MR) is 57.1 cm³/mol. The number of carbonyl (C=O) groups excluding carboxylic acids is 1. The molecule has 1 amide bonds. The van der Waals surface area contributed by atoms with Gasteiger partial charge in [-0.3, -0.25) is 10.1 Å². The van der Waals surface area contributed by atoms with Crippen molar-refractivity contribution >= 4 is 34.8 Å². The first-order valence-electron chi connectivity index (χ1n) is 4.18. The highest BCUT2D eigenvalue weighted by molar-refractivity contribution is 7.13. The molecule has 1 fully saturated rings. The van der Waals surface area contributed by atoms with Gasteiger partial charge in [-0.2, -0.15) is 0 Å². The summed E-state index contributed by atoms with van der Waals surface area (Å²) in [5.74, 6) is -0.640. The number of hydrogen-bond donors (Lipinski definition) is 2. The molecule has 0 bridgehead atoms. The first-order valence-corrected chi connectivity index (χ1v) is 5.06. The van der Waals surface area contributed by atoms with Crippen molar-refractivity contribution in [3.8, 4) is 0 Å². The highest BCUT2D eigenvalue weighted by Crippen LogP contribution is 2.22. The van der Waals surface area contributed by atoms with E-state index in [1.165, 1.54) is 16.8 Å². The molecule has 1 unspecified atom stereocenters. The molecular formula is C7H10ClFN4OS. The Labute approximate surface area is 95.9 Å². The van der Waals surface area contributed by atoms with E-state index in [1.807, 2.05) is 0 Å². The quantitative estimate of drug-likeness (QED) is 0.809. The Bertz CT molecular complexity index is 328. The van der Waals surface area contributed by atoms with E-state index in [0.717, 1.165) is 0 Å². The van der Waals surface area contributed by atoms with Crippen LogP contribution in [0.1, 0.15) is 6.42 Å². The van der Waals surface area contributed by atoms with Crippen molar-refractivity contribution in [2.24, 2.45) is 0 Å². The normalized spacial score (nSPS) is 24.6. The van der Waals surface area contributed by atoms with Gasteiger partial charge in [0, 0.05) is 13.0 Å². The summed E-state index contributed by atoms with van der Waals surface area (Å²) in [6.45, 7) is 0.595. The molecule has 8 heteroatoms. The van der Waals surface area contributed by atoms with Crippen molar-refractivity contribution in [3.63, 3.8) is 0 Å². The van der Waals surface area contributed by atoms with Gasteiger partial charge in [-0.05, 0) is 6.54 Å². The van der Waals surface area contributed by atoms with Crippen LogP contribution < -0.4 is 10.6 Å². The SMILES string of the molecule is Cl.O=C(Nc1nncs1)C1(F)CCNC1. The molecule has 1 aromatic rings. The van der Waals surface area contributed by atoms with Gasteiger partial charge < -0.3 is 5.32 Å². The van der Waals surface area contributed by atoms with Gasteiger partial charge in [-0.15, -0.1) is 22.6 Å². The lowest BCUT2D eigenvalue weighted by molar-refractivity contribution is -0.126. The summed E-state index contributed by atoms with van der Waals surface area (Å²) in [5.41, 5.74) is -0.320. The van der Waals surface area contributed by atoms with Crippen LogP contribution in [0.15, 0.2) is 5.51 Å². The molecule has 2 N–H and O–H groups in total. The number of nitrogens with zero attached hydrogens (tertiary/aromatic N) is 2. The minimum Gasteiger partial charge on any atom is -0.313 e. The number of halogens is 2. The largest absolute Gasteiger partial charge is 0.313 e. The molecule has 0 radical (unpaired) electrons. The molecule has 1 aliphatic rings. The average molecular weight is 253 g/mol. The summed E-state index contributed by atoms with van der Waals surface area (Å²) in [7, 11) is 0. The minimum atomic E-state index is -1.80. The molecule has 2 rings (SSSR count). The fourth-order valence-corrected chi connectivity index (χ4v) is 1.73. The first-order chi connectivity index (χ1) is 6.71. The van der Waals surface area contributed by atoms with Crippen LogP contribution in [-0.4, -0.2) is 34.9 Å². The van der Waals surface area contributed by atoms with E-state index in [0.29, 0.717) is 11.7 Å². The Balaban J connectivity index is 0.00000112. The Morgan fingerprint density at radius 2 is 2.53 bits per heavy atom. The van der Waals surface area contributed by atoms with E-state index < -0.39 is 11.6 Å². The third kappa shape index (κ3) is 2.61. The topological polar surface area (TPSA) is 66.9 Å². The highest BCUT2D eigenvalue weighted by atomic mass is 35.5. The van der Waals surface area contributed by atoms with Gasteiger partial charge in [0.05, 0.1) is 0 Å². The van der Waals surface area contributed by atoms with Crippen molar-refractivity contribution in [2.75, 3.05) is 18.4 Å².